The lowest BCUT2D eigenvalue weighted by molar-refractivity contribution is -0.139. The molecule has 2 amide bonds. The molecule has 0 bridgehead atoms. The van der Waals surface area contributed by atoms with Gasteiger partial charge >= 0.3 is 11.8 Å². The molecule has 1 saturated heterocycles. The van der Waals surface area contributed by atoms with E-state index in [4.69, 9.17) is 0 Å². The molecule has 2 heterocycles. The number of nitrogens with zero attached hydrogens (tertiary/aromatic N) is 1. The lowest BCUT2D eigenvalue weighted by atomic mass is 10.1. The second kappa shape index (κ2) is 8.44. The van der Waals surface area contributed by atoms with Gasteiger partial charge in [0.2, 0.25) is 0 Å². The minimum atomic E-state index is -0.579. The van der Waals surface area contributed by atoms with Crippen LogP contribution in [0.15, 0.2) is 48.5 Å². The molecule has 146 valence electrons. The van der Waals surface area contributed by atoms with Crippen molar-refractivity contribution in [1.82, 2.24) is 16.0 Å². The molecule has 28 heavy (non-hydrogen) atoms. The molecule has 1 atom stereocenters. The Kier molecular flexibility index (Phi) is 5.58. The van der Waals surface area contributed by atoms with Crippen LogP contribution in [0.2, 0.25) is 0 Å². The largest absolute Gasteiger partial charge is 0.367 e. The SMILES string of the molecule is O=C(NCc1ccc(CN2CCc3ccccc32)cc1)C(=O)N[C@@H]1CCNC1. The van der Waals surface area contributed by atoms with Crippen molar-refractivity contribution in [2.45, 2.75) is 32.0 Å². The van der Waals surface area contributed by atoms with Gasteiger partial charge in [-0.25, -0.2) is 0 Å². The van der Waals surface area contributed by atoms with Crippen LogP contribution in [-0.4, -0.2) is 37.5 Å². The molecule has 2 aliphatic heterocycles. The van der Waals surface area contributed by atoms with Crippen molar-refractivity contribution < 1.29 is 9.59 Å². The molecule has 3 N–H and O–H groups in total. The lowest BCUT2D eigenvalue weighted by Crippen LogP contribution is -2.45. The first kappa shape index (κ1) is 18.5. The van der Waals surface area contributed by atoms with Gasteiger partial charge in [-0.05, 0) is 42.1 Å². The summed E-state index contributed by atoms with van der Waals surface area (Å²) in [6.45, 7) is 3.87. The average molecular weight is 378 g/mol. The standard InChI is InChI=1S/C22H26N4O2/c27-21(22(28)25-19-9-11-23-14-19)24-13-16-5-7-17(8-6-16)15-26-12-10-18-3-1-2-4-20(18)26/h1-8,19,23H,9-15H2,(H,24,27)(H,25,28)/t19-/m1/s1. The van der Waals surface area contributed by atoms with Crippen molar-refractivity contribution in [2.24, 2.45) is 0 Å². The van der Waals surface area contributed by atoms with Gasteiger partial charge in [0.05, 0.1) is 0 Å². The molecule has 6 heteroatoms. The van der Waals surface area contributed by atoms with Gasteiger partial charge in [-0.2, -0.15) is 0 Å². The number of fused-ring (bicyclic) bond motifs is 1. The fraction of sp³-hybridized carbons (Fsp3) is 0.364. The van der Waals surface area contributed by atoms with Crippen molar-refractivity contribution >= 4 is 17.5 Å². The summed E-state index contributed by atoms with van der Waals surface area (Å²) in [5.41, 5.74) is 4.95. The van der Waals surface area contributed by atoms with E-state index in [0.717, 1.165) is 44.6 Å². The molecule has 2 aromatic rings. The number of amides is 2. The van der Waals surface area contributed by atoms with Gasteiger partial charge in [0, 0.05) is 37.9 Å². The maximum Gasteiger partial charge on any atom is 0.309 e. The number of hydrogen-bond acceptors (Lipinski definition) is 4. The monoisotopic (exact) mass is 378 g/mol. The van der Waals surface area contributed by atoms with Crippen LogP contribution < -0.4 is 20.9 Å². The van der Waals surface area contributed by atoms with Gasteiger partial charge in [0.15, 0.2) is 0 Å². The Bertz CT molecular complexity index is 844. The number of rotatable bonds is 5. The molecule has 2 aromatic carbocycles. The van der Waals surface area contributed by atoms with Crippen molar-refractivity contribution in [1.29, 1.82) is 0 Å². The third-order valence-electron chi connectivity index (χ3n) is 5.43. The number of para-hydroxylation sites is 1. The van der Waals surface area contributed by atoms with Gasteiger partial charge in [-0.3, -0.25) is 9.59 Å². The topological polar surface area (TPSA) is 73.5 Å². The Balaban J connectivity index is 1.27. The molecule has 0 radical (unpaired) electrons. The lowest BCUT2D eigenvalue weighted by Gasteiger charge is -2.19. The van der Waals surface area contributed by atoms with Crippen LogP contribution in [0.25, 0.3) is 0 Å². The number of anilines is 1. The molecule has 0 aliphatic carbocycles. The summed E-state index contributed by atoms with van der Waals surface area (Å²) in [6, 6.07) is 16.8. The van der Waals surface area contributed by atoms with E-state index >= 15 is 0 Å². The zero-order valence-corrected chi connectivity index (χ0v) is 15.9. The summed E-state index contributed by atoms with van der Waals surface area (Å²) < 4.78 is 0. The molecule has 6 nitrogen and oxygen atoms in total. The van der Waals surface area contributed by atoms with Gasteiger partial charge in [0.25, 0.3) is 0 Å². The highest BCUT2D eigenvalue weighted by atomic mass is 16.2. The molecular weight excluding hydrogens is 352 g/mol. The Hall–Kier alpha value is -2.86. The second-order valence-electron chi connectivity index (χ2n) is 7.46. The highest BCUT2D eigenvalue weighted by Gasteiger charge is 2.21. The molecule has 0 aromatic heterocycles. The quantitative estimate of drug-likeness (QED) is 0.687. The predicted octanol–water partition coefficient (Wildman–Crippen LogP) is 1.34. The van der Waals surface area contributed by atoms with Crippen LogP contribution in [0, 0.1) is 0 Å². The first-order valence-electron chi connectivity index (χ1n) is 9.89. The van der Waals surface area contributed by atoms with Crippen molar-refractivity contribution in [3.05, 3.63) is 65.2 Å². The first-order valence-corrected chi connectivity index (χ1v) is 9.89. The summed E-state index contributed by atoms with van der Waals surface area (Å²) in [6.07, 6.45) is 1.96. The normalized spacial score (nSPS) is 18.0. The highest BCUT2D eigenvalue weighted by Crippen LogP contribution is 2.28. The van der Waals surface area contributed by atoms with Gasteiger partial charge < -0.3 is 20.9 Å². The van der Waals surface area contributed by atoms with Crippen molar-refractivity contribution in [2.75, 3.05) is 24.5 Å². The van der Waals surface area contributed by atoms with E-state index in [-0.39, 0.29) is 6.04 Å². The molecule has 1 fully saturated rings. The van der Waals surface area contributed by atoms with Gasteiger partial charge in [-0.15, -0.1) is 0 Å². The van der Waals surface area contributed by atoms with Crippen LogP contribution in [-0.2, 0) is 29.1 Å². The highest BCUT2D eigenvalue weighted by molar-refractivity contribution is 6.35. The molecular formula is C22H26N4O2. The number of hydrogen-bond donors (Lipinski definition) is 3. The molecule has 0 saturated carbocycles. The smallest absolute Gasteiger partial charge is 0.309 e. The van der Waals surface area contributed by atoms with E-state index in [0.29, 0.717) is 6.54 Å². The van der Waals surface area contributed by atoms with E-state index in [9.17, 15) is 9.59 Å². The summed E-state index contributed by atoms with van der Waals surface area (Å²) in [5.74, 6) is -1.14. The fourth-order valence-corrected chi connectivity index (χ4v) is 3.85. The van der Waals surface area contributed by atoms with Crippen LogP contribution in [0.3, 0.4) is 0 Å². The van der Waals surface area contributed by atoms with Crippen LogP contribution in [0.1, 0.15) is 23.1 Å². The van der Waals surface area contributed by atoms with Crippen molar-refractivity contribution in [3.8, 4) is 0 Å². The predicted molar refractivity (Wildman–Crippen MR) is 109 cm³/mol. The second-order valence-corrected chi connectivity index (χ2v) is 7.46. The third kappa shape index (κ3) is 4.34. The van der Waals surface area contributed by atoms with E-state index < -0.39 is 11.8 Å². The summed E-state index contributed by atoms with van der Waals surface area (Å²) in [5, 5.41) is 8.61. The van der Waals surface area contributed by atoms with Crippen molar-refractivity contribution in [3.63, 3.8) is 0 Å². The van der Waals surface area contributed by atoms with Crippen LogP contribution in [0.4, 0.5) is 5.69 Å². The zero-order valence-electron chi connectivity index (χ0n) is 15.9. The minimum Gasteiger partial charge on any atom is -0.367 e. The molecule has 2 aliphatic rings. The fourth-order valence-electron chi connectivity index (χ4n) is 3.85. The maximum atomic E-state index is 12.0. The van der Waals surface area contributed by atoms with Crippen LogP contribution >= 0.6 is 0 Å². The zero-order chi connectivity index (χ0) is 19.3. The number of carbonyl (C=O) groups is 2. The molecule has 0 unspecified atom stereocenters. The number of carbonyl (C=O) groups excluding carboxylic acids is 2. The minimum absolute atomic E-state index is 0.0493. The summed E-state index contributed by atoms with van der Waals surface area (Å²) in [7, 11) is 0. The number of nitrogens with one attached hydrogen (secondary N) is 3. The number of benzene rings is 2. The third-order valence-corrected chi connectivity index (χ3v) is 5.43. The van der Waals surface area contributed by atoms with Gasteiger partial charge in [0.1, 0.15) is 0 Å². The Morgan fingerprint density at radius 1 is 1.04 bits per heavy atom. The summed E-state index contributed by atoms with van der Waals surface area (Å²) >= 11 is 0. The van der Waals surface area contributed by atoms with E-state index in [1.165, 1.54) is 16.8 Å². The maximum absolute atomic E-state index is 12.0. The Labute approximate surface area is 165 Å². The Morgan fingerprint density at radius 3 is 2.61 bits per heavy atom. The molecule has 4 rings (SSSR count). The van der Waals surface area contributed by atoms with E-state index in [2.05, 4.69) is 57.2 Å². The Morgan fingerprint density at radius 2 is 1.82 bits per heavy atom. The van der Waals surface area contributed by atoms with Gasteiger partial charge in [-0.1, -0.05) is 42.5 Å². The first-order chi connectivity index (χ1) is 13.7. The summed E-state index contributed by atoms with van der Waals surface area (Å²) in [4.78, 5) is 26.3. The van der Waals surface area contributed by atoms with E-state index in [1.807, 2.05) is 12.1 Å². The van der Waals surface area contributed by atoms with Crippen LogP contribution in [0.5, 0.6) is 0 Å². The average Bonchev–Trinajstić information content (AvgIpc) is 3.37. The molecule has 0 spiro atoms. The van der Waals surface area contributed by atoms with E-state index in [1.54, 1.807) is 0 Å².